The van der Waals surface area contributed by atoms with Gasteiger partial charge in [0.1, 0.15) is 12.4 Å². The van der Waals surface area contributed by atoms with Crippen LogP contribution >= 0.6 is 12.4 Å². The Morgan fingerprint density at radius 3 is 2.50 bits per heavy atom. The number of ether oxygens (including phenoxy) is 1. The molecule has 2 aromatic rings. The van der Waals surface area contributed by atoms with E-state index in [0.717, 1.165) is 11.3 Å². The minimum Gasteiger partial charge on any atom is -0.489 e. The van der Waals surface area contributed by atoms with E-state index in [1.54, 1.807) is 12.1 Å². The lowest BCUT2D eigenvalue weighted by Crippen LogP contribution is -2.39. The van der Waals surface area contributed by atoms with E-state index in [0.29, 0.717) is 25.3 Å². The molecular formula is C20H25ClN4O3. The Bertz CT molecular complexity index is 771. The molecule has 5 N–H and O–H groups in total. The number of amides is 2. The van der Waals surface area contributed by atoms with E-state index in [2.05, 4.69) is 16.0 Å². The summed E-state index contributed by atoms with van der Waals surface area (Å²) in [4.78, 5) is 23.7. The summed E-state index contributed by atoms with van der Waals surface area (Å²) in [7, 11) is 0. The van der Waals surface area contributed by atoms with Crippen LogP contribution in [0.4, 0.5) is 5.69 Å². The number of carbonyl (C=O) groups is 2. The summed E-state index contributed by atoms with van der Waals surface area (Å²) in [5.41, 5.74) is 7.08. The van der Waals surface area contributed by atoms with Gasteiger partial charge in [0.05, 0.1) is 12.6 Å². The van der Waals surface area contributed by atoms with Crippen LogP contribution in [0.3, 0.4) is 0 Å². The van der Waals surface area contributed by atoms with Crippen molar-refractivity contribution in [3.05, 3.63) is 60.2 Å². The van der Waals surface area contributed by atoms with Crippen LogP contribution in [0.5, 0.6) is 5.75 Å². The summed E-state index contributed by atoms with van der Waals surface area (Å²) in [5.74, 6) is 0.395. The molecule has 8 heteroatoms. The van der Waals surface area contributed by atoms with Crippen LogP contribution in [0, 0.1) is 0 Å². The molecule has 1 fully saturated rings. The summed E-state index contributed by atoms with van der Waals surface area (Å²) in [6.45, 7) is 0.997. The molecule has 0 aliphatic carbocycles. The predicted molar refractivity (Wildman–Crippen MR) is 110 cm³/mol. The average molecular weight is 405 g/mol. The zero-order chi connectivity index (χ0) is 19.1. The van der Waals surface area contributed by atoms with Crippen molar-refractivity contribution < 1.29 is 14.3 Å². The standard InChI is InChI=1S/C20H24N4O3.ClH/c21-11-19(25)23-16-10-18(22-12-16)20(26)24-15-6-8-17(9-7-15)27-13-14-4-2-1-3-5-14;/h1-9,16,18,22H,10-13,21H2,(H,23,25)(H,24,26);1H/t16?,18-;/m0./s1. The summed E-state index contributed by atoms with van der Waals surface area (Å²) in [6.07, 6.45) is 0.538. The van der Waals surface area contributed by atoms with Gasteiger partial charge in [0, 0.05) is 18.3 Å². The molecule has 0 saturated carbocycles. The number of hydrogen-bond donors (Lipinski definition) is 4. The third-order valence-corrected chi connectivity index (χ3v) is 4.37. The second-order valence-corrected chi connectivity index (χ2v) is 6.45. The number of carbonyl (C=O) groups excluding carboxylic acids is 2. The Labute approximate surface area is 170 Å². The van der Waals surface area contributed by atoms with Gasteiger partial charge in [-0.15, -0.1) is 12.4 Å². The van der Waals surface area contributed by atoms with Crippen LogP contribution in [0.1, 0.15) is 12.0 Å². The van der Waals surface area contributed by atoms with Crippen molar-refractivity contribution in [3.63, 3.8) is 0 Å². The molecule has 1 aliphatic heterocycles. The lowest BCUT2D eigenvalue weighted by molar-refractivity contribution is -0.121. The molecule has 1 unspecified atom stereocenters. The van der Waals surface area contributed by atoms with Crippen molar-refractivity contribution in [1.82, 2.24) is 10.6 Å². The van der Waals surface area contributed by atoms with Crippen molar-refractivity contribution in [2.24, 2.45) is 5.73 Å². The minimum absolute atomic E-state index is 0. The molecule has 7 nitrogen and oxygen atoms in total. The molecular weight excluding hydrogens is 380 g/mol. The third-order valence-electron chi connectivity index (χ3n) is 4.37. The van der Waals surface area contributed by atoms with Gasteiger partial charge in [-0.3, -0.25) is 9.59 Å². The summed E-state index contributed by atoms with van der Waals surface area (Å²) >= 11 is 0. The molecule has 1 aliphatic rings. The average Bonchev–Trinajstić information content (AvgIpc) is 3.17. The number of halogens is 1. The lowest BCUT2D eigenvalue weighted by Gasteiger charge is -2.13. The van der Waals surface area contributed by atoms with Gasteiger partial charge in [-0.1, -0.05) is 30.3 Å². The quantitative estimate of drug-likeness (QED) is 0.558. The van der Waals surface area contributed by atoms with Crippen molar-refractivity contribution in [3.8, 4) is 5.75 Å². The minimum atomic E-state index is -0.345. The van der Waals surface area contributed by atoms with Gasteiger partial charge in [-0.2, -0.15) is 0 Å². The monoisotopic (exact) mass is 404 g/mol. The molecule has 1 heterocycles. The van der Waals surface area contributed by atoms with Crippen LogP contribution in [0.2, 0.25) is 0 Å². The van der Waals surface area contributed by atoms with E-state index in [9.17, 15) is 9.59 Å². The Kier molecular flexibility index (Phi) is 8.25. The number of nitrogens with one attached hydrogen (secondary N) is 3. The summed E-state index contributed by atoms with van der Waals surface area (Å²) < 4.78 is 5.74. The summed E-state index contributed by atoms with van der Waals surface area (Å²) in [6, 6.07) is 16.8. The normalized spacial score (nSPS) is 18.0. The fraction of sp³-hybridized carbons (Fsp3) is 0.300. The predicted octanol–water partition coefficient (Wildman–Crippen LogP) is 1.43. The number of anilines is 1. The largest absolute Gasteiger partial charge is 0.489 e. The van der Waals surface area contributed by atoms with E-state index in [4.69, 9.17) is 10.5 Å². The number of nitrogens with two attached hydrogens (primary N) is 1. The topological polar surface area (TPSA) is 105 Å². The summed E-state index contributed by atoms with van der Waals surface area (Å²) in [5, 5.41) is 8.78. The third kappa shape index (κ3) is 6.23. The molecule has 150 valence electrons. The molecule has 2 amide bonds. The first-order chi connectivity index (χ1) is 13.1. The van der Waals surface area contributed by atoms with Gasteiger partial charge in [0.25, 0.3) is 0 Å². The fourth-order valence-corrected chi connectivity index (χ4v) is 2.94. The van der Waals surface area contributed by atoms with Crippen LogP contribution in [0.25, 0.3) is 0 Å². The van der Waals surface area contributed by atoms with Crippen LogP contribution in [0.15, 0.2) is 54.6 Å². The Morgan fingerprint density at radius 1 is 1.11 bits per heavy atom. The smallest absolute Gasteiger partial charge is 0.241 e. The van der Waals surface area contributed by atoms with E-state index in [-0.39, 0.29) is 42.8 Å². The molecule has 0 radical (unpaired) electrons. The Morgan fingerprint density at radius 2 is 1.82 bits per heavy atom. The zero-order valence-electron chi connectivity index (χ0n) is 15.4. The highest BCUT2D eigenvalue weighted by molar-refractivity contribution is 5.95. The molecule has 3 rings (SSSR count). The van der Waals surface area contributed by atoms with Crippen molar-refractivity contribution in [2.75, 3.05) is 18.4 Å². The lowest BCUT2D eigenvalue weighted by atomic mass is 10.1. The fourth-order valence-electron chi connectivity index (χ4n) is 2.94. The molecule has 1 saturated heterocycles. The molecule has 28 heavy (non-hydrogen) atoms. The maximum absolute atomic E-state index is 12.4. The second-order valence-electron chi connectivity index (χ2n) is 6.45. The molecule has 0 spiro atoms. The number of hydrogen-bond acceptors (Lipinski definition) is 5. The number of rotatable bonds is 7. The van der Waals surface area contributed by atoms with Crippen LogP contribution in [-0.4, -0.2) is 37.0 Å². The maximum Gasteiger partial charge on any atom is 0.241 e. The zero-order valence-corrected chi connectivity index (χ0v) is 16.2. The molecule has 2 aromatic carbocycles. The van der Waals surface area contributed by atoms with Crippen molar-refractivity contribution >= 4 is 29.9 Å². The highest BCUT2D eigenvalue weighted by Crippen LogP contribution is 2.18. The van der Waals surface area contributed by atoms with Gasteiger partial charge in [0.15, 0.2) is 0 Å². The van der Waals surface area contributed by atoms with E-state index < -0.39 is 0 Å². The highest BCUT2D eigenvalue weighted by atomic mass is 35.5. The number of benzene rings is 2. The van der Waals surface area contributed by atoms with Crippen molar-refractivity contribution in [2.45, 2.75) is 25.1 Å². The maximum atomic E-state index is 12.4. The SMILES string of the molecule is Cl.NCC(=O)NC1CN[C@H](C(=O)Nc2ccc(OCc3ccccc3)cc2)C1. The van der Waals surface area contributed by atoms with E-state index in [1.807, 2.05) is 42.5 Å². The second kappa shape index (κ2) is 10.7. The van der Waals surface area contributed by atoms with E-state index in [1.165, 1.54) is 0 Å². The Hall–Kier alpha value is -2.61. The highest BCUT2D eigenvalue weighted by Gasteiger charge is 2.30. The van der Waals surface area contributed by atoms with Gasteiger partial charge in [-0.05, 0) is 36.2 Å². The van der Waals surface area contributed by atoms with Gasteiger partial charge in [0.2, 0.25) is 11.8 Å². The van der Waals surface area contributed by atoms with Crippen LogP contribution in [-0.2, 0) is 16.2 Å². The van der Waals surface area contributed by atoms with Gasteiger partial charge in [-0.25, -0.2) is 0 Å². The van der Waals surface area contributed by atoms with E-state index >= 15 is 0 Å². The molecule has 0 bridgehead atoms. The van der Waals surface area contributed by atoms with Crippen molar-refractivity contribution in [1.29, 1.82) is 0 Å². The first-order valence-electron chi connectivity index (χ1n) is 8.94. The molecule has 2 atom stereocenters. The molecule has 0 aromatic heterocycles. The first-order valence-corrected chi connectivity index (χ1v) is 8.94. The van der Waals surface area contributed by atoms with Gasteiger partial charge >= 0.3 is 0 Å². The first kappa shape index (κ1) is 21.7. The van der Waals surface area contributed by atoms with Gasteiger partial charge < -0.3 is 26.4 Å². The van der Waals surface area contributed by atoms with Crippen LogP contribution < -0.4 is 26.4 Å². The Balaban J connectivity index is 0.00000280.